The maximum atomic E-state index is 8.94. The first-order chi connectivity index (χ1) is 10.2. The van der Waals surface area contributed by atoms with Crippen molar-refractivity contribution in [3.63, 3.8) is 0 Å². The molecule has 1 unspecified atom stereocenters. The Morgan fingerprint density at radius 2 is 2.10 bits per heavy atom. The summed E-state index contributed by atoms with van der Waals surface area (Å²) in [5.74, 6) is 0.908. The molecular weight excluding hydrogens is 262 g/mol. The lowest BCUT2D eigenvalue weighted by Crippen LogP contribution is -2.30. The summed E-state index contributed by atoms with van der Waals surface area (Å²) in [6.45, 7) is 2.15. The topological polar surface area (TPSA) is 49.1 Å². The van der Waals surface area contributed by atoms with Gasteiger partial charge in [-0.05, 0) is 37.1 Å². The number of hydrogen-bond donors (Lipinski definition) is 0. The molecule has 0 fully saturated rings. The van der Waals surface area contributed by atoms with E-state index in [0.29, 0.717) is 5.69 Å². The Morgan fingerprint density at radius 3 is 2.81 bits per heavy atom. The van der Waals surface area contributed by atoms with Crippen LogP contribution in [0.15, 0.2) is 42.6 Å². The fraction of sp³-hybridized carbons (Fsp3) is 0.294. The molecule has 0 spiro atoms. The van der Waals surface area contributed by atoms with E-state index in [1.54, 1.807) is 19.4 Å². The summed E-state index contributed by atoms with van der Waals surface area (Å²) in [4.78, 5) is 6.15. The van der Waals surface area contributed by atoms with Crippen LogP contribution in [0.25, 0.3) is 0 Å². The molecule has 1 aromatic carbocycles. The first kappa shape index (κ1) is 14.9. The summed E-state index contributed by atoms with van der Waals surface area (Å²) in [6, 6.07) is 14.1. The van der Waals surface area contributed by atoms with Crippen molar-refractivity contribution in [2.24, 2.45) is 0 Å². The summed E-state index contributed by atoms with van der Waals surface area (Å²) in [6.07, 6.45) is 2.53. The van der Waals surface area contributed by atoms with Crippen LogP contribution >= 0.6 is 0 Å². The Kier molecular flexibility index (Phi) is 4.78. The molecule has 0 amide bonds. The van der Waals surface area contributed by atoms with Gasteiger partial charge in [0.1, 0.15) is 17.5 Å². The summed E-state index contributed by atoms with van der Waals surface area (Å²) in [7, 11) is 3.71. The zero-order valence-electron chi connectivity index (χ0n) is 12.6. The second kappa shape index (κ2) is 6.76. The van der Waals surface area contributed by atoms with E-state index in [1.807, 2.05) is 31.3 Å². The van der Waals surface area contributed by atoms with E-state index in [1.165, 1.54) is 5.56 Å². The summed E-state index contributed by atoms with van der Waals surface area (Å²) in [5, 5.41) is 8.94. The molecule has 0 saturated heterocycles. The highest BCUT2D eigenvalue weighted by molar-refractivity contribution is 5.49. The van der Waals surface area contributed by atoms with E-state index >= 15 is 0 Å². The third-order valence-corrected chi connectivity index (χ3v) is 3.63. The van der Waals surface area contributed by atoms with Gasteiger partial charge in [-0.2, -0.15) is 5.26 Å². The number of methoxy groups -OCH3 is 1. The molecule has 0 saturated carbocycles. The first-order valence-electron chi connectivity index (χ1n) is 6.86. The Balaban J connectivity index is 2.15. The van der Waals surface area contributed by atoms with E-state index in [0.717, 1.165) is 17.9 Å². The van der Waals surface area contributed by atoms with E-state index in [2.05, 4.69) is 28.9 Å². The van der Waals surface area contributed by atoms with Crippen LogP contribution in [0.5, 0.6) is 5.75 Å². The van der Waals surface area contributed by atoms with Gasteiger partial charge >= 0.3 is 0 Å². The minimum Gasteiger partial charge on any atom is -0.496 e. The largest absolute Gasteiger partial charge is 0.496 e. The van der Waals surface area contributed by atoms with Crippen molar-refractivity contribution >= 4 is 5.69 Å². The molecule has 1 heterocycles. The van der Waals surface area contributed by atoms with Gasteiger partial charge in [-0.15, -0.1) is 0 Å². The van der Waals surface area contributed by atoms with Gasteiger partial charge in [0.25, 0.3) is 0 Å². The lowest BCUT2D eigenvalue weighted by Gasteiger charge is -2.27. The summed E-state index contributed by atoms with van der Waals surface area (Å²) < 4.78 is 5.40. The molecule has 0 aliphatic carbocycles. The number of likely N-dealkylation sites (N-methyl/N-ethyl adjacent to an activating group) is 1. The van der Waals surface area contributed by atoms with Crippen molar-refractivity contribution in [2.75, 3.05) is 19.1 Å². The SMILES string of the molecule is COc1ccccc1CC(C)N(C)c1ccnc(C#N)c1. The number of ether oxygens (including phenoxy) is 1. The van der Waals surface area contributed by atoms with Crippen LogP contribution < -0.4 is 9.64 Å². The number of nitriles is 1. The van der Waals surface area contributed by atoms with Gasteiger partial charge in [-0.25, -0.2) is 4.98 Å². The number of para-hydroxylation sites is 1. The van der Waals surface area contributed by atoms with E-state index in [4.69, 9.17) is 10.00 Å². The lowest BCUT2D eigenvalue weighted by molar-refractivity contribution is 0.408. The number of nitrogens with zero attached hydrogens (tertiary/aromatic N) is 3. The van der Waals surface area contributed by atoms with Crippen LogP contribution in [-0.4, -0.2) is 25.2 Å². The average Bonchev–Trinajstić information content (AvgIpc) is 2.54. The number of rotatable bonds is 5. The molecule has 108 valence electrons. The highest BCUT2D eigenvalue weighted by Gasteiger charge is 2.13. The van der Waals surface area contributed by atoms with Crippen LogP contribution in [-0.2, 0) is 6.42 Å². The van der Waals surface area contributed by atoms with E-state index in [-0.39, 0.29) is 6.04 Å². The third kappa shape index (κ3) is 3.51. The van der Waals surface area contributed by atoms with Gasteiger partial charge in [0.05, 0.1) is 7.11 Å². The Bertz CT molecular complexity index is 648. The van der Waals surface area contributed by atoms with Gasteiger partial charge in [0, 0.05) is 25.0 Å². The highest BCUT2D eigenvalue weighted by Crippen LogP contribution is 2.22. The van der Waals surface area contributed by atoms with Crippen molar-refractivity contribution in [3.05, 3.63) is 53.9 Å². The smallest absolute Gasteiger partial charge is 0.142 e. The van der Waals surface area contributed by atoms with Crippen LogP contribution in [0.2, 0.25) is 0 Å². The number of aromatic nitrogens is 1. The predicted molar refractivity (Wildman–Crippen MR) is 83.5 cm³/mol. The zero-order valence-corrected chi connectivity index (χ0v) is 12.6. The molecule has 0 aliphatic rings. The van der Waals surface area contributed by atoms with Crippen molar-refractivity contribution in [1.29, 1.82) is 5.26 Å². The second-order valence-electron chi connectivity index (χ2n) is 4.99. The summed E-state index contributed by atoms with van der Waals surface area (Å²) in [5.41, 5.74) is 2.60. The van der Waals surface area contributed by atoms with Crippen molar-refractivity contribution < 1.29 is 4.74 Å². The molecule has 21 heavy (non-hydrogen) atoms. The fourth-order valence-electron chi connectivity index (χ4n) is 2.28. The number of benzene rings is 1. The molecule has 2 aromatic rings. The number of hydrogen-bond acceptors (Lipinski definition) is 4. The monoisotopic (exact) mass is 281 g/mol. The molecule has 0 aliphatic heterocycles. The average molecular weight is 281 g/mol. The van der Waals surface area contributed by atoms with Gasteiger partial charge in [0.15, 0.2) is 0 Å². The maximum absolute atomic E-state index is 8.94. The standard InChI is InChI=1S/C17H19N3O/c1-13(10-14-6-4-5-7-17(14)21-3)20(2)16-8-9-19-15(11-16)12-18/h4-9,11,13H,10H2,1-3H3. The molecule has 1 aromatic heterocycles. The van der Waals surface area contributed by atoms with Crippen molar-refractivity contribution in [2.45, 2.75) is 19.4 Å². The first-order valence-corrected chi connectivity index (χ1v) is 6.86. The number of anilines is 1. The number of pyridine rings is 1. The normalized spacial score (nSPS) is 11.5. The molecule has 4 heteroatoms. The minimum absolute atomic E-state index is 0.273. The quantitative estimate of drug-likeness (QED) is 0.845. The molecule has 0 N–H and O–H groups in total. The highest BCUT2D eigenvalue weighted by atomic mass is 16.5. The molecule has 2 rings (SSSR count). The molecule has 4 nitrogen and oxygen atoms in total. The molecule has 1 atom stereocenters. The predicted octanol–water partition coefficient (Wildman–Crippen LogP) is 3.03. The summed E-state index contributed by atoms with van der Waals surface area (Å²) >= 11 is 0. The maximum Gasteiger partial charge on any atom is 0.142 e. The fourth-order valence-corrected chi connectivity index (χ4v) is 2.28. The molecule has 0 bridgehead atoms. The second-order valence-corrected chi connectivity index (χ2v) is 4.99. The Labute approximate surface area is 125 Å². The van der Waals surface area contributed by atoms with Crippen LogP contribution in [0.1, 0.15) is 18.2 Å². The zero-order chi connectivity index (χ0) is 15.2. The van der Waals surface area contributed by atoms with Gasteiger partial charge in [0.2, 0.25) is 0 Å². The van der Waals surface area contributed by atoms with Gasteiger partial charge in [-0.3, -0.25) is 0 Å². The van der Waals surface area contributed by atoms with Crippen LogP contribution in [0, 0.1) is 11.3 Å². The van der Waals surface area contributed by atoms with Crippen LogP contribution in [0.4, 0.5) is 5.69 Å². The lowest BCUT2D eigenvalue weighted by atomic mass is 10.0. The van der Waals surface area contributed by atoms with Gasteiger partial charge < -0.3 is 9.64 Å². The minimum atomic E-state index is 0.273. The Hall–Kier alpha value is -2.54. The molecule has 0 radical (unpaired) electrons. The van der Waals surface area contributed by atoms with Gasteiger partial charge in [-0.1, -0.05) is 18.2 Å². The third-order valence-electron chi connectivity index (χ3n) is 3.63. The Morgan fingerprint density at radius 1 is 1.33 bits per heavy atom. The molecular formula is C17H19N3O. The van der Waals surface area contributed by atoms with Crippen molar-refractivity contribution in [3.8, 4) is 11.8 Å². The van der Waals surface area contributed by atoms with Crippen LogP contribution in [0.3, 0.4) is 0 Å². The van der Waals surface area contributed by atoms with E-state index in [9.17, 15) is 0 Å². The van der Waals surface area contributed by atoms with Crippen molar-refractivity contribution in [1.82, 2.24) is 4.98 Å². The van der Waals surface area contributed by atoms with E-state index < -0.39 is 0 Å².